The van der Waals surface area contributed by atoms with Gasteiger partial charge in [0, 0.05) is 17.8 Å². The number of anilines is 1. The average Bonchev–Trinajstić information content (AvgIpc) is 3.16. The molecule has 1 fully saturated rings. The fraction of sp³-hybridized carbons (Fsp3) is 0.667. The molecule has 23 heavy (non-hydrogen) atoms. The molecular formula is C15H23N7O. The first-order valence-corrected chi connectivity index (χ1v) is 8.17. The Bertz CT molecular complexity index is 699. The summed E-state index contributed by atoms with van der Waals surface area (Å²) in [6, 6.07) is 0. The van der Waals surface area contributed by atoms with Crippen molar-refractivity contribution in [1.29, 1.82) is 0 Å². The molecule has 0 bridgehead atoms. The van der Waals surface area contributed by atoms with Gasteiger partial charge in [0.1, 0.15) is 0 Å². The van der Waals surface area contributed by atoms with Crippen LogP contribution in [0.5, 0.6) is 0 Å². The van der Waals surface area contributed by atoms with Crippen LogP contribution in [0.25, 0.3) is 0 Å². The van der Waals surface area contributed by atoms with Gasteiger partial charge in [0.15, 0.2) is 0 Å². The molecule has 1 aliphatic carbocycles. The Morgan fingerprint density at radius 1 is 1.30 bits per heavy atom. The SMILES string of the molecule is CCCn1nnc(NC(=O)Cc2c(C)nn(CC3CC3)c2C)n1. The second-order valence-electron chi connectivity index (χ2n) is 6.21. The Labute approximate surface area is 135 Å². The summed E-state index contributed by atoms with van der Waals surface area (Å²) in [7, 11) is 0. The number of hydrogen-bond donors (Lipinski definition) is 1. The summed E-state index contributed by atoms with van der Waals surface area (Å²) in [5.74, 6) is 0.870. The van der Waals surface area contributed by atoms with E-state index in [1.54, 1.807) is 0 Å². The van der Waals surface area contributed by atoms with Gasteiger partial charge in [-0.05, 0) is 44.2 Å². The molecule has 0 saturated heterocycles. The first-order chi connectivity index (χ1) is 11.1. The van der Waals surface area contributed by atoms with Crippen molar-refractivity contribution in [2.45, 2.75) is 59.5 Å². The number of amides is 1. The minimum atomic E-state index is -0.141. The van der Waals surface area contributed by atoms with Gasteiger partial charge in [-0.15, -0.1) is 5.10 Å². The topological polar surface area (TPSA) is 90.5 Å². The van der Waals surface area contributed by atoms with E-state index in [1.165, 1.54) is 17.6 Å². The lowest BCUT2D eigenvalue weighted by Crippen LogP contribution is -2.16. The summed E-state index contributed by atoms with van der Waals surface area (Å²) in [5.41, 5.74) is 2.98. The number of rotatable bonds is 7. The van der Waals surface area contributed by atoms with Crippen LogP contribution >= 0.6 is 0 Å². The van der Waals surface area contributed by atoms with E-state index >= 15 is 0 Å². The van der Waals surface area contributed by atoms with Crippen LogP contribution in [0.3, 0.4) is 0 Å². The quantitative estimate of drug-likeness (QED) is 0.835. The third-order valence-electron chi connectivity index (χ3n) is 4.12. The molecule has 1 N–H and O–H groups in total. The van der Waals surface area contributed by atoms with Gasteiger partial charge in [-0.25, -0.2) is 0 Å². The highest BCUT2D eigenvalue weighted by atomic mass is 16.1. The monoisotopic (exact) mass is 317 g/mol. The van der Waals surface area contributed by atoms with Crippen LogP contribution in [0.4, 0.5) is 5.95 Å². The minimum Gasteiger partial charge on any atom is -0.292 e. The van der Waals surface area contributed by atoms with E-state index in [0.717, 1.165) is 35.8 Å². The molecule has 2 aromatic rings. The largest absolute Gasteiger partial charge is 0.292 e. The zero-order valence-electron chi connectivity index (χ0n) is 13.9. The van der Waals surface area contributed by atoms with Crippen LogP contribution in [-0.2, 0) is 24.3 Å². The number of carbonyl (C=O) groups excluding carboxylic acids is 1. The fourth-order valence-electron chi connectivity index (χ4n) is 2.63. The second-order valence-corrected chi connectivity index (χ2v) is 6.21. The van der Waals surface area contributed by atoms with Crippen molar-refractivity contribution in [3.63, 3.8) is 0 Å². The van der Waals surface area contributed by atoms with Gasteiger partial charge in [-0.3, -0.25) is 14.8 Å². The van der Waals surface area contributed by atoms with Crippen molar-refractivity contribution >= 4 is 11.9 Å². The minimum absolute atomic E-state index is 0.141. The number of nitrogens with one attached hydrogen (secondary N) is 1. The molecule has 0 atom stereocenters. The van der Waals surface area contributed by atoms with Crippen molar-refractivity contribution < 1.29 is 4.79 Å². The standard InChI is InChI=1S/C15H23N7O/c1-4-7-22-19-15(17-20-22)16-14(23)8-13-10(2)18-21(11(13)3)9-12-5-6-12/h12H,4-9H2,1-3H3,(H,16,19,23). The molecule has 0 radical (unpaired) electrons. The Hall–Kier alpha value is -2.25. The maximum absolute atomic E-state index is 12.2. The molecule has 0 spiro atoms. The summed E-state index contributed by atoms with van der Waals surface area (Å²) in [6.45, 7) is 7.66. The number of carbonyl (C=O) groups is 1. The molecule has 0 aromatic carbocycles. The highest BCUT2D eigenvalue weighted by Gasteiger charge is 2.24. The first-order valence-electron chi connectivity index (χ1n) is 8.17. The summed E-state index contributed by atoms with van der Waals surface area (Å²) >= 11 is 0. The van der Waals surface area contributed by atoms with Crippen molar-refractivity contribution in [3.05, 3.63) is 17.0 Å². The highest BCUT2D eigenvalue weighted by Crippen LogP contribution is 2.31. The van der Waals surface area contributed by atoms with E-state index in [-0.39, 0.29) is 18.3 Å². The van der Waals surface area contributed by atoms with Crippen molar-refractivity contribution in [2.24, 2.45) is 5.92 Å². The van der Waals surface area contributed by atoms with Crippen LogP contribution in [-0.4, -0.2) is 35.9 Å². The lowest BCUT2D eigenvalue weighted by atomic mass is 10.1. The summed E-state index contributed by atoms with van der Waals surface area (Å²) in [4.78, 5) is 13.7. The number of tetrazole rings is 1. The first kappa shape index (κ1) is 15.6. The normalized spacial score (nSPS) is 14.2. The Balaban J connectivity index is 1.63. The third-order valence-corrected chi connectivity index (χ3v) is 4.12. The van der Waals surface area contributed by atoms with E-state index in [1.807, 2.05) is 25.5 Å². The predicted octanol–water partition coefficient (Wildman–Crippen LogP) is 1.49. The molecule has 3 rings (SSSR count). The molecule has 8 heteroatoms. The molecule has 1 amide bonds. The van der Waals surface area contributed by atoms with Gasteiger partial charge in [0.25, 0.3) is 5.95 Å². The van der Waals surface area contributed by atoms with Crippen LogP contribution in [0.2, 0.25) is 0 Å². The van der Waals surface area contributed by atoms with Gasteiger partial charge < -0.3 is 0 Å². The number of hydrogen-bond acceptors (Lipinski definition) is 5. The zero-order chi connectivity index (χ0) is 16.4. The van der Waals surface area contributed by atoms with E-state index in [4.69, 9.17) is 0 Å². The molecule has 2 aromatic heterocycles. The van der Waals surface area contributed by atoms with Crippen LogP contribution in [0, 0.1) is 19.8 Å². The van der Waals surface area contributed by atoms with Crippen LogP contribution < -0.4 is 5.32 Å². The van der Waals surface area contributed by atoms with Gasteiger partial charge in [0.05, 0.1) is 18.7 Å². The second kappa shape index (κ2) is 6.47. The maximum Gasteiger partial charge on any atom is 0.270 e. The zero-order valence-corrected chi connectivity index (χ0v) is 13.9. The molecule has 1 aliphatic rings. The number of aryl methyl sites for hydroxylation is 2. The van der Waals surface area contributed by atoms with Gasteiger partial charge in [0.2, 0.25) is 5.91 Å². The van der Waals surface area contributed by atoms with Gasteiger partial charge >= 0.3 is 0 Å². The lowest BCUT2D eigenvalue weighted by molar-refractivity contribution is -0.115. The Morgan fingerprint density at radius 3 is 2.78 bits per heavy atom. The number of nitrogens with zero attached hydrogens (tertiary/aromatic N) is 6. The Kier molecular flexibility index (Phi) is 4.40. The average molecular weight is 317 g/mol. The van der Waals surface area contributed by atoms with Crippen molar-refractivity contribution in [1.82, 2.24) is 30.0 Å². The molecule has 0 unspecified atom stereocenters. The van der Waals surface area contributed by atoms with Crippen LogP contribution in [0.15, 0.2) is 0 Å². The highest BCUT2D eigenvalue weighted by molar-refractivity contribution is 5.90. The maximum atomic E-state index is 12.2. The lowest BCUT2D eigenvalue weighted by Gasteiger charge is -2.04. The van der Waals surface area contributed by atoms with E-state index in [2.05, 4.69) is 25.8 Å². The predicted molar refractivity (Wildman–Crippen MR) is 84.9 cm³/mol. The fourth-order valence-corrected chi connectivity index (χ4v) is 2.63. The Morgan fingerprint density at radius 2 is 2.09 bits per heavy atom. The van der Waals surface area contributed by atoms with Crippen LogP contribution in [0.1, 0.15) is 43.1 Å². The molecule has 2 heterocycles. The van der Waals surface area contributed by atoms with Crippen molar-refractivity contribution in [2.75, 3.05) is 5.32 Å². The molecule has 8 nitrogen and oxygen atoms in total. The molecule has 0 aliphatic heterocycles. The van der Waals surface area contributed by atoms with E-state index in [0.29, 0.717) is 6.54 Å². The molecule has 124 valence electrons. The van der Waals surface area contributed by atoms with Gasteiger partial charge in [-0.2, -0.15) is 9.90 Å². The number of aromatic nitrogens is 6. The van der Waals surface area contributed by atoms with Gasteiger partial charge in [-0.1, -0.05) is 12.0 Å². The van der Waals surface area contributed by atoms with Crippen molar-refractivity contribution in [3.8, 4) is 0 Å². The molecular weight excluding hydrogens is 294 g/mol. The smallest absolute Gasteiger partial charge is 0.270 e. The van der Waals surface area contributed by atoms with E-state index in [9.17, 15) is 4.79 Å². The summed E-state index contributed by atoms with van der Waals surface area (Å²) in [6.07, 6.45) is 3.77. The third kappa shape index (κ3) is 3.75. The summed E-state index contributed by atoms with van der Waals surface area (Å²) < 4.78 is 2.03. The summed E-state index contributed by atoms with van der Waals surface area (Å²) in [5, 5.41) is 19.1. The molecule has 1 saturated carbocycles. The van der Waals surface area contributed by atoms with E-state index < -0.39 is 0 Å².